The quantitative estimate of drug-likeness (QED) is 0.375. The Morgan fingerprint density at radius 3 is 2.86 bits per heavy atom. The lowest BCUT2D eigenvalue weighted by atomic mass is 10.1. The fourth-order valence-electron chi connectivity index (χ4n) is 3.90. The van der Waals surface area contributed by atoms with E-state index in [-0.39, 0.29) is 6.61 Å². The molecule has 36 heavy (non-hydrogen) atoms. The lowest BCUT2D eigenvalue weighted by Gasteiger charge is -2.29. The van der Waals surface area contributed by atoms with E-state index in [9.17, 15) is 4.79 Å². The largest absolute Gasteiger partial charge is 0.446 e. The minimum atomic E-state index is -0.512. The van der Waals surface area contributed by atoms with E-state index in [4.69, 9.17) is 18.9 Å². The first-order chi connectivity index (χ1) is 17.6. The van der Waals surface area contributed by atoms with Gasteiger partial charge in [0.2, 0.25) is 0 Å². The van der Waals surface area contributed by atoms with E-state index in [0.29, 0.717) is 31.9 Å². The van der Waals surface area contributed by atoms with Crippen LogP contribution in [-0.4, -0.2) is 49.0 Å². The van der Waals surface area contributed by atoms with Gasteiger partial charge in [-0.15, -0.1) is 0 Å². The SMILES string of the molecule is C=CCOC(=O)Nc1cccc(CNc2cc(N3CCOCC3)cc(CCc3ncc(CC)o3)n2)c1. The predicted octanol–water partition coefficient (Wildman–Crippen LogP) is 4.60. The van der Waals surface area contributed by atoms with Gasteiger partial charge in [0.15, 0.2) is 5.89 Å². The zero-order chi connectivity index (χ0) is 25.2. The summed E-state index contributed by atoms with van der Waals surface area (Å²) >= 11 is 0. The zero-order valence-corrected chi connectivity index (χ0v) is 20.7. The van der Waals surface area contributed by atoms with Gasteiger partial charge in [-0.05, 0) is 30.2 Å². The molecule has 2 N–H and O–H groups in total. The van der Waals surface area contributed by atoms with Crippen LogP contribution >= 0.6 is 0 Å². The van der Waals surface area contributed by atoms with Crippen LogP contribution in [0.3, 0.4) is 0 Å². The average molecular weight is 492 g/mol. The summed E-state index contributed by atoms with van der Waals surface area (Å²) < 4.78 is 16.3. The molecule has 1 fully saturated rings. The molecule has 1 aliphatic heterocycles. The van der Waals surface area contributed by atoms with Gasteiger partial charge in [-0.1, -0.05) is 31.7 Å². The number of hydrogen-bond acceptors (Lipinski definition) is 8. The number of amides is 1. The third-order valence-corrected chi connectivity index (χ3v) is 5.76. The third kappa shape index (κ3) is 7.32. The van der Waals surface area contributed by atoms with Gasteiger partial charge in [-0.2, -0.15) is 0 Å². The number of oxazole rings is 1. The van der Waals surface area contributed by atoms with E-state index in [0.717, 1.165) is 60.3 Å². The number of aromatic nitrogens is 2. The fraction of sp³-hybridized carbons (Fsp3) is 0.370. The summed E-state index contributed by atoms with van der Waals surface area (Å²) in [5.41, 5.74) is 3.76. The Bertz CT molecular complexity index is 1160. The molecule has 0 saturated carbocycles. The molecule has 0 atom stereocenters. The Morgan fingerprint density at radius 1 is 1.22 bits per heavy atom. The van der Waals surface area contributed by atoms with Crippen molar-refractivity contribution in [2.24, 2.45) is 0 Å². The highest BCUT2D eigenvalue weighted by Crippen LogP contribution is 2.23. The van der Waals surface area contributed by atoms with E-state index in [1.165, 1.54) is 6.08 Å². The molecule has 0 unspecified atom stereocenters. The van der Waals surface area contributed by atoms with Crippen LogP contribution in [0.2, 0.25) is 0 Å². The Kier molecular flexibility index (Phi) is 8.93. The molecule has 3 heterocycles. The summed E-state index contributed by atoms with van der Waals surface area (Å²) in [6, 6.07) is 11.8. The van der Waals surface area contributed by atoms with E-state index in [2.05, 4.69) is 46.2 Å². The van der Waals surface area contributed by atoms with Crippen molar-refractivity contribution in [2.45, 2.75) is 32.7 Å². The van der Waals surface area contributed by atoms with Gasteiger partial charge < -0.3 is 24.1 Å². The van der Waals surface area contributed by atoms with E-state index in [1.54, 1.807) is 6.20 Å². The van der Waals surface area contributed by atoms with Gasteiger partial charge >= 0.3 is 6.09 Å². The Hall–Kier alpha value is -3.85. The maximum Gasteiger partial charge on any atom is 0.411 e. The minimum Gasteiger partial charge on any atom is -0.446 e. The topological polar surface area (TPSA) is 102 Å². The first-order valence-electron chi connectivity index (χ1n) is 12.3. The zero-order valence-electron chi connectivity index (χ0n) is 20.7. The lowest BCUT2D eigenvalue weighted by molar-refractivity contribution is 0.122. The van der Waals surface area contributed by atoms with Crippen LogP contribution in [0.5, 0.6) is 0 Å². The molecule has 1 saturated heterocycles. The highest BCUT2D eigenvalue weighted by molar-refractivity contribution is 5.84. The van der Waals surface area contributed by atoms with Gasteiger partial charge in [0.25, 0.3) is 0 Å². The standard InChI is InChI=1S/C27H33N5O4/c1-3-12-35-27(33)31-21-7-5-6-20(15-21)18-28-25-17-23(32-10-13-34-14-11-32)16-22(30-25)8-9-26-29-19-24(4-2)36-26/h3,5-7,15-17,19H,1,4,8-14,18H2,2H3,(H,28,30)(H,31,33). The molecule has 3 aromatic rings. The molecule has 0 aliphatic carbocycles. The maximum atomic E-state index is 11.8. The fourth-order valence-corrected chi connectivity index (χ4v) is 3.90. The second-order valence-electron chi connectivity index (χ2n) is 8.44. The molecule has 190 valence electrons. The Balaban J connectivity index is 1.45. The third-order valence-electron chi connectivity index (χ3n) is 5.76. The number of pyridine rings is 1. The highest BCUT2D eigenvalue weighted by atomic mass is 16.5. The molecule has 1 aliphatic rings. The monoisotopic (exact) mass is 491 g/mol. The number of hydrogen-bond donors (Lipinski definition) is 2. The van der Waals surface area contributed by atoms with Crippen molar-refractivity contribution in [3.8, 4) is 0 Å². The van der Waals surface area contributed by atoms with Gasteiger partial charge in [-0.3, -0.25) is 5.32 Å². The van der Waals surface area contributed by atoms with Gasteiger partial charge in [0.05, 0.1) is 19.4 Å². The predicted molar refractivity (Wildman–Crippen MR) is 139 cm³/mol. The van der Waals surface area contributed by atoms with Gasteiger partial charge in [0.1, 0.15) is 18.2 Å². The minimum absolute atomic E-state index is 0.163. The first-order valence-corrected chi connectivity index (χ1v) is 12.3. The van der Waals surface area contributed by atoms with E-state index < -0.39 is 6.09 Å². The van der Waals surface area contributed by atoms with Crippen molar-refractivity contribution in [3.05, 3.63) is 78.2 Å². The summed E-state index contributed by atoms with van der Waals surface area (Å²) in [5.74, 6) is 2.42. The number of carbonyl (C=O) groups is 1. The van der Waals surface area contributed by atoms with Crippen molar-refractivity contribution < 1.29 is 18.7 Å². The molecule has 9 heteroatoms. The van der Waals surface area contributed by atoms with Crippen LogP contribution in [0.1, 0.15) is 29.8 Å². The molecule has 1 amide bonds. The summed E-state index contributed by atoms with van der Waals surface area (Å²) in [6.07, 6.45) is 5.05. The number of aryl methyl sites for hydroxylation is 3. The van der Waals surface area contributed by atoms with Crippen LogP contribution in [-0.2, 0) is 35.3 Å². The number of nitrogens with zero attached hydrogens (tertiary/aromatic N) is 3. The first kappa shape index (κ1) is 25.2. The smallest absolute Gasteiger partial charge is 0.411 e. The van der Waals surface area contributed by atoms with Crippen molar-refractivity contribution in [1.82, 2.24) is 9.97 Å². The number of anilines is 3. The molecular formula is C27H33N5O4. The van der Waals surface area contributed by atoms with Crippen LogP contribution in [0.15, 0.2) is 59.7 Å². The molecule has 1 aromatic carbocycles. The summed E-state index contributed by atoms with van der Waals surface area (Å²) in [6.45, 7) is 9.43. The Morgan fingerprint density at radius 2 is 2.08 bits per heavy atom. The van der Waals surface area contributed by atoms with Crippen molar-refractivity contribution in [1.29, 1.82) is 0 Å². The molecule has 0 bridgehead atoms. The molecule has 2 aromatic heterocycles. The number of ether oxygens (including phenoxy) is 2. The number of benzene rings is 1. The van der Waals surface area contributed by atoms with Crippen LogP contribution in [0.4, 0.5) is 22.0 Å². The van der Waals surface area contributed by atoms with Crippen molar-refractivity contribution >= 4 is 23.3 Å². The summed E-state index contributed by atoms with van der Waals surface area (Å²) in [4.78, 5) is 23.4. The van der Waals surface area contributed by atoms with E-state index in [1.807, 2.05) is 24.3 Å². The van der Waals surface area contributed by atoms with E-state index >= 15 is 0 Å². The highest BCUT2D eigenvalue weighted by Gasteiger charge is 2.14. The Labute approximate surface area is 211 Å². The van der Waals surface area contributed by atoms with Crippen LogP contribution in [0, 0.1) is 0 Å². The second kappa shape index (κ2) is 12.7. The normalized spacial score (nSPS) is 13.3. The van der Waals surface area contributed by atoms with Crippen molar-refractivity contribution in [3.63, 3.8) is 0 Å². The number of carbonyl (C=O) groups excluding carboxylic acids is 1. The summed E-state index contributed by atoms with van der Waals surface area (Å²) in [7, 11) is 0. The molecule has 0 spiro atoms. The van der Waals surface area contributed by atoms with Crippen molar-refractivity contribution in [2.75, 3.05) is 48.4 Å². The second-order valence-corrected chi connectivity index (χ2v) is 8.44. The average Bonchev–Trinajstić information content (AvgIpc) is 3.38. The molecular weight excluding hydrogens is 458 g/mol. The van der Waals surface area contributed by atoms with Gasteiger partial charge in [-0.25, -0.2) is 14.8 Å². The molecule has 4 rings (SSSR count). The van der Waals surface area contributed by atoms with Gasteiger partial charge in [0, 0.05) is 55.6 Å². The summed E-state index contributed by atoms with van der Waals surface area (Å²) in [5, 5.41) is 6.17. The number of morpholine rings is 1. The van der Waals surface area contributed by atoms with Crippen LogP contribution in [0.25, 0.3) is 0 Å². The van der Waals surface area contributed by atoms with Crippen LogP contribution < -0.4 is 15.5 Å². The maximum absolute atomic E-state index is 11.8. The number of nitrogens with one attached hydrogen (secondary N) is 2. The lowest BCUT2D eigenvalue weighted by Crippen LogP contribution is -2.36. The molecule has 0 radical (unpaired) electrons. The number of rotatable bonds is 11. The molecule has 9 nitrogen and oxygen atoms in total.